The Bertz CT molecular complexity index is 1770. The number of nitrogens with one attached hydrogen (secondary N) is 1. The van der Waals surface area contributed by atoms with E-state index in [4.69, 9.17) is 15.0 Å². The highest BCUT2D eigenvalue weighted by Gasteiger charge is 2.28. The first-order valence-electron chi connectivity index (χ1n) is 13.9. The molecule has 2 aliphatic rings. The molecule has 2 aliphatic heterocycles. The highest BCUT2D eigenvalue weighted by Crippen LogP contribution is 2.40. The Morgan fingerprint density at radius 1 is 0.952 bits per heavy atom. The van der Waals surface area contributed by atoms with Gasteiger partial charge in [-0.25, -0.2) is 24.3 Å². The number of anilines is 1. The second-order valence-electron chi connectivity index (χ2n) is 10.5. The van der Waals surface area contributed by atoms with Crippen molar-refractivity contribution in [1.82, 2.24) is 29.4 Å². The second kappa shape index (κ2) is 11.0. The molecule has 5 aromatic rings. The van der Waals surface area contributed by atoms with Crippen LogP contribution in [0.25, 0.3) is 34.0 Å². The number of benzene rings is 2. The molecule has 42 heavy (non-hydrogen) atoms. The Morgan fingerprint density at radius 2 is 1.76 bits per heavy atom. The van der Waals surface area contributed by atoms with Gasteiger partial charge in [-0.3, -0.25) is 9.47 Å². The van der Waals surface area contributed by atoms with Crippen LogP contribution in [0.1, 0.15) is 24.2 Å². The zero-order valence-corrected chi connectivity index (χ0v) is 22.7. The normalized spacial score (nSPS) is 14.9. The van der Waals surface area contributed by atoms with Crippen molar-refractivity contribution in [3.8, 4) is 45.9 Å². The van der Waals surface area contributed by atoms with Gasteiger partial charge < -0.3 is 10.1 Å². The smallest absolute Gasteiger partial charge is 0.234 e. The summed E-state index contributed by atoms with van der Waals surface area (Å²) in [6.07, 6.45) is 4.79. The third-order valence-electron chi connectivity index (χ3n) is 7.72. The first-order chi connectivity index (χ1) is 20.6. The van der Waals surface area contributed by atoms with Gasteiger partial charge >= 0.3 is 0 Å². The minimum Gasteiger partial charge on any atom is -0.470 e. The van der Waals surface area contributed by atoms with Crippen LogP contribution in [0, 0.1) is 17.1 Å². The molecule has 0 unspecified atom stereocenters. The number of likely N-dealkylation sites (tertiary alicyclic amines) is 1. The summed E-state index contributed by atoms with van der Waals surface area (Å²) in [4.78, 5) is 20.0. The minimum atomic E-state index is -0.437. The number of aromatic nitrogens is 5. The predicted octanol–water partition coefficient (Wildman–Crippen LogP) is 5.51. The van der Waals surface area contributed by atoms with E-state index in [9.17, 15) is 4.39 Å². The number of hydrogen-bond donors (Lipinski definition) is 1. The van der Waals surface area contributed by atoms with Crippen molar-refractivity contribution >= 4 is 5.82 Å². The molecule has 1 fully saturated rings. The van der Waals surface area contributed by atoms with Crippen molar-refractivity contribution in [1.29, 1.82) is 5.26 Å². The average molecular weight is 559 g/mol. The first-order valence-corrected chi connectivity index (χ1v) is 13.9. The molecule has 0 spiro atoms. The lowest BCUT2D eigenvalue weighted by molar-refractivity contribution is 0.211. The molecule has 1 saturated heterocycles. The Labute approximate surface area is 242 Å². The van der Waals surface area contributed by atoms with Gasteiger partial charge in [0.2, 0.25) is 5.82 Å². The number of nitrogens with zero attached hydrogens (tertiary/aromatic N) is 7. The van der Waals surface area contributed by atoms with Crippen LogP contribution in [0.15, 0.2) is 79.1 Å². The van der Waals surface area contributed by atoms with Crippen LogP contribution in [0.3, 0.4) is 0 Å². The quantitative estimate of drug-likeness (QED) is 0.291. The van der Waals surface area contributed by atoms with Gasteiger partial charge in [-0.15, -0.1) is 0 Å². The molecule has 1 N–H and O–H groups in total. The molecule has 0 bridgehead atoms. The topological polar surface area (TPSA) is 105 Å². The largest absolute Gasteiger partial charge is 0.470 e. The van der Waals surface area contributed by atoms with E-state index in [1.165, 1.54) is 17.8 Å². The van der Waals surface area contributed by atoms with Gasteiger partial charge in [0, 0.05) is 49.1 Å². The molecule has 0 amide bonds. The summed E-state index contributed by atoms with van der Waals surface area (Å²) in [7, 11) is 0. The maximum absolute atomic E-state index is 13.8. The summed E-state index contributed by atoms with van der Waals surface area (Å²) in [5.41, 5.74) is 5.55. The van der Waals surface area contributed by atoms with E-state index < -0.39 is 5.82 Å². The second-order valence-corrected chi connectivity index (χ2v) is 10.5. The molecule has 0 aliphatic carbocycles. The number of ether oxygens (including phenoxy) is 1. The summed E-state index contributed by atoms with van der Waals surface area (Å²) in [5, 5.41) is 12.5. The maximum atomic E-state index is 13.8. The van der Waals surface area contributed by atoms with E-state index in [1.807, 2.05) is 28.8 Å². The molecule has 10 heteroatoms. The van der Waals surface area contributed by atoms with Gasteiger partial charge in [-0.05, 0) is 24.5 Å². The molecule has 0 atom stereocenters. The van der Waals surface area contributed by atoms with Crippen LogP contribution in [0.5, 0.6) is 5.75 Å². The average Bonchev–Trinajstić information content (AvgIpc) is 3.43. The van der Waals surface area contributed by atoms with Crippen molar-refractivity contribution in [3.05, 3.63) is 96.3 Å². The molecule has 5 heterocycles. The van der Waals surface area contributed by atoms with Crippen LogP contribution in [-0.2, 0) is 13.3 Å². The standard InChI is InChI=1S/C32H27FN8O/c33-24-16-26-30(36-18-24)32-39-29(31(41(32)20-42-26)23-4-2-1-3-5-23)22-8-6-21(7-9-22)19-40-14-11-25(12-15-40)37-27-10-13-35-28(17-34)38-27/h1-10,13,16,18,25H,11-12,14-15,19-20H2,(H,35,37,38). The fourth-order valence-corrected chi connectivity index (χ4v) is 5.65. The highest BCUT2D eigenvalue weighted by atomic mass is 19.1. The number of halogens is 1. The fourth-order valence-electron chi connectivity index (χ4n) is 5.65. The van der Waals surface area contributed by atoms with E-state index in [1.54, 1.807) is 12.3 Å². The van der Waals surface area contributed by atoms with Crippen molar-refractivity contribution in [2.45, 2.75) is 32.2 Å². The number of pyridine rings is 1. The third kappa shape index (κ3) is 5.06. The van der Waals surface area contributed by atoms with Gasteiger partial charge in [0.15, 0.2) is 18.3 Å². The molecular formula is C32H27FN8O. The molecule has 2 aromatic carbocycles. The molecule has 7 rings (SSSR count). The van der Waals surface area contributed by atoms with Crippen molar-refractivity contribution in [2.24, 2.45) is 0 Å². The van der Waals surface area contributed by atoms with Crippen LogP contribution < -0.4 is 10.1 Å². The molecule has 208 valence electrons. The number of piperidine rings is 1. The third-order valence-corrected chi connectivity index (χ3v) is 7.72. The number of nitriles is 1. The summed E-state index contributed by atoms with van der Waals surface area (Å²) >= 11 is 0. The minimum absolute atomic E-state index is 0.178. The van der Waals surface area contributed by atoms with E-state index in [-0.39, 0.29) is 12.6 Å². The summed E-state index contributed by atoms with van der Waals surface area (Å²) in [5.74, 6) is 1.50. The number of fused-ring (bicyclic) bond motifs is 3. The van der Waals surface area contributed by atoms with Crippen molar-refractivity contribution in [3.63, 3.8) is 0 Å². The van der Waals surface area contributed by atoms with Gasteiger partial charge in [0.1, 0.15) is 23.4 Å². The predicted molar refractivity (Wildman–Crippen MR) is 156 cm³/mol. The number of hydrogen-bond acceptors (Lipinski definition) is 8. The first kappa shape index (κ1) is 25.8. The molecule has 0 saturated carbocycles. The summed E-state index contributed by atoms with van der Waals surface area (Å²) < 4.78 is 21.7. The Kier molecular flexibility index (Phi) is 6.78. The van der Waals surface area contributed by atoms with Crippen molar-refractivity contribution in [2.75, 3.05) is 18.4 Å². The van der Waals surface area contributed by atoms with Gasteiger partial charge in [0.05, 0.1) is 17.6 Å². The maximum Gasteiger partial charge on any atom is 0.234 e. The Hall–Kier alpha value is -5.14. The van der Waals surface area contributed by atoms with Crippen molar-refractivity contribution < 1.29 is 9.13 Å². The lowest BCUT2D eigenvalue weighted by atomic mass is 10.0. The molecule has 9 nitrogen and oxygen atoms in total. The van der Waals surface area contributed by atoms with Crippen LogP contribution in [0.4, 0.5) is 10.2 Å². The lowest BCUT2D eigenvalue weighted by Crippen LogP contribution is -2.38. The monoisotopic (exact) mass is 558 g/mol. The SMILES string of the molecule is N#Cc1nccc(NC2CCN(Cc3ccc(-c4nc5n(c4-c4ccccc4)COc4cc(F)cnc4-5)cc3)CC2)n1. The fraction of sp³-hybridized carbons (Fsp3) is 0.219. The van der Waals surface area contributed by atoms with E-state index in [0.717, 1.165) is 55.0 Å². The Balaban J connectivity index is 1.09. The molecule has 0 radical (unpaired) electrons. The zero-order chi connectivity index (χ0) is 28.5. The van der Waals surface area contributed by atoms with Crippen LogP contribution in [0.2, 0.25) is 0 Å². The van der Waals surface area contributed by atoms with E-state index >= 15 is 0 Å². The van der Waals surface area contributed by atoms with E-state index in [0.29, 0.717) is 29.1 Å². The highest BCUT2D eigenvalue weighted by molar-refractivity contribution is 5.82. The lowest BCUT2D eigenvalue weighted by Gasteiger charge is -2.32. The van der Waals surface area contributed by atoms with Crippen LogP contribution in [-0.4, -0.2) is 48.5 Å². The number of rotatable bonds is 6. The Morgan fingerprint density at radius 3 is 2.55 bits per heavy atom. The number of imidazole rings is 1. The molecular weight excluding hydrogens is 531 g/mol. The summed E-state index contributed by atoms with van der Waals surface area (Å²) in [6, 6.07) is 24.1. The van der Waals surface area contributed by atoms with Gasteiger partial charge in [0.25, 0.3) is 0 Å². The molecule has 3 aromatic heterocycles. The zero-order valence-electron chi connectivity index (χ0n) is 22.7. The van der Waals surface area contributed by atoms with E-state index in [2.05, 4.69) is 61.6 Å². The van der Waals surface area contributed by atoms with Crippen LogP contribution >= 0.6 is 0 Å². The van der Waals surface area contributed by atoms with Gasteiger partial charge in [-0.1, -0.05) is 54.6 Å². The van der Waals surface area contributed by atoms with Gasteiger partial charge in [-0.2, -0.15) is 5.26 Å². The summed E-state index contributed by atoms with van der Waals surface area (Å²) in [6.45, 7) is 3.02.